The predicted octanol–water partition coefficient (Wildman–Crippen LogP) is 3.69. The molecule has 4 rings (SSSR count). The molecular formula is C18H16N2O2S. The Morgan fingerprint density at radius 3 is 2.74 bits per heavy atom. The second kappa shape index (κ2) is 5.66. The molecular weight excluding hydrogens is 308 g/mol. The van der Waals surface area contributed by atoms with Gasteiger partial charge in [-0.1, -0.05) is 41.7 Å². The van der Waals surface area contributed by atoms with E-state index in [4.69, 9.17) is 4.74 Å². The number of carbonyl (C=O) groups is 1. The third kappa shape index (κ3) is 2.57. The fourth-order valence-corrected chi connectivity index (χ4v) is 3.89. The van der Waals surface area contributed by atoms with Crippen LogP contribution >= 0.6 is 11.3 Å². The molecule has 116 valence electrons. The quantitative estimate of drug-likeness (QED) is 0.689. The van der Waals surface area contributed by atoms with Crippen LogP contribution in [0.3, 0.4) is 0 Å². The van der Waals surface area contributed by atoms with Crippen molar-refractivity contribution in [2.75, 3.05) is 25.1 Å². The van der Waals surface area contributed by atoms with E-state index in [0.29, 0.717) is 11.5 Å². The first-order valence-electron chi connectivity index (χ1n) is 7.53. The second-order valence-electron chi connectivity index (χ2n) is 5.68. The van der Waals surface area contributed by atoms with E-state index in [0.717, 1.165) is 28.4 Å². The highest BCUT2D eigenvalue weighted by atomic mass is 32.1. The number of thiazole rings is 1. The van der Waals surface area contributed by atoms with Gasteiger partial charge in [0.1, 0.15) is 0 Å². The zero-order valence-corrected chi connectivity index (χ0v) is 13.5. The van der Waals surface area contributed by atoms with E-state index in [1.165, 1.54) is 12.7 Å². The molecule has 0 unspecified atom stereocenters. The van der Waals surface area contributed by atoms with E-state index in [2.05, 4.69) is 34.1 Å². The number of nitrogens with zero attached hydrogens (tertiary/aromatic N) is 2. The van der Waals surface area contributed by atoms with Gasteiger partial charge in [0.15, 0.2) is 5.13 Å². The number of rotatable bonds is 3. The summed E-state index contributed by atoms with van der Waals surface area (Å²) in [6.45, 7) is 1.99. The number of esters is 1. The van der Waals surface area contributed by atoms with Gasteiger partial charge in [-0.05, 0) is 23.8 Å². The number of carbonyl (C=O) groups excluding carboxylic acids is 1. The molecule has 0 bridgehead atoms. The maximum absolute atomic E-state index is 11.6. The third-order valence-corrected chi connectivity index (χ3v) is 5.30. The maximum atomic E-state index is 11.6. The van der Waals surface area contributed by atoms with Crippen LogP contribution in [0.4, 0.5) is 5.13 Å². The van der Waals surface area contributed by atoms with Crippen LogP contribution in [0.1, 0.15) is 21.8 Å². The van der Waals surface area contributed by atoms with Crippen molar-refractivity contribution in [3.63, 3.8) is 0 Å². The molecule has 0 radical (unpaired) electrons. The van der Waals surface area contributed by atoms with Gasteiger partial charge in [0, 0.05) is 19.0 Å². The van der Waals surface area contributed by atoms with Gasteiger partial charge in [0.2, 0.25) is 0 Å². The zero-order chi connectivity index (χ0) is 15.8. The summed E-state index contributed by atoms with van der Waals surface area (Å²) >= 11 is 1.63. The van der Waals surface area contributed by atoms with Crippen molar-refractivity contribution < 1.29 is 9.53 Å². The number of aromatic nitrogens is 1. The van der Waals surface area contributed by atoms with Crippen molar-refractivity contribution >= 4 is 32.7 Å². The smallest absolute Gasteiger partial charge is 0.337 e. The molecule has 1 fully saturated rings. The minimum atomic E-state index is -0.310. The fourth-order valence-electron chi connectivity index (χ4n) is 2.86. The van der Waals surface area contributed by atoms with E-state index in [1.807, 2.05) is 18.2 Å². The summed E-state index contributed by atoms with van der Waals surface area (Å²) in [4.78, 5) is 18.6. The molecule has 1 aliphatic rings. The number of anilines is 1. The van der Waals surface area contributed by atoms with Gasteiger partial charge in [0.05, 0.1) is 22.9 Å². The Kier molecular flexibility index (Phi) is 3.50. The van der Waals surface area contributed by atoms with Crippen molar-refractivity contribution in [2.45, 2.75) is 5.92 Å². The number of fused-ring (bicyclic) bond motifs is 1. The fraction of sp³-hybridized carbons (Fsp3) is 0.222. The normalized spacial score (nSPS) is 14.7. The zero-order valence-electron chi connectivity index (χ0n) is 12.7. The number of hydrogen-bond donors (Lipinski definition) is 0. The molecule has 0 aliphatic carbocycles. The maximum Gasteiger partial charge on any atom is 0.337 e. The van der Waals surface area contributed by atoms with Crippen LogP contribution in [0.25, 0.3) is 10.2 Å². The van der Waals surface area contributed by atoms with Gasteiger partial charge in [-0.25, -0.2) is 9.78 Å². The van der Waals surface area contributed by atoms with E-state index in [-0.39, 0.29) is 5.97 Å². The molecule has 0 atom stereocenters. The Hall–Kier alpha value is -2.40. The van der Waals surface area contributed by atoms with Crippen LogP contribution in [0.2, 0.25) is 0 Å². The van der Waals surface area contributed by atoms with Crippen LogP contribution in [0.5, 0.6) is 0 Å². The molecule has 0 amide bonds. The lowest BCUT2D eigenvalue weighted by atomic mass is 9.92. The van der Waals surface area contributed by atoms with Gasteiger partial charge in [-0.2, -0.15) is 0 Å². The molecule has 3 aromatic rings. The molecule has 5 heteroatoms. The van der Waals surface area contributed by atoms with Crippen LogP contribution in [-0.4, -0.2) is 31.2 Å². The SMILES string of the molecule is COC(=O)c1ccc2nc(N3CC(c4ccccc4)C3)sc2c1. The highest BCUT2D eigenvalue weighted by Crippen LogP contribution is 2.36. The molecule has 0 saturated carbocycles. The number of hydrogen-bond acceptors (Lipinski definition) is 5. The summed E-state index contributed by atoms with van der Waals surface area (Å²) in [6, 6.07) is 16.1. The van der Waals surface area contributed by atoms with Gasteiger partial charge >= 0.3 is 5.97 Å². The summed E-state index contributed by atoms with van der Waals surface area (Å²) in [6.07, 6.45) is 0. The van der Waals surface area contributed by atoms with Gasteiger partial charge in [-0.3, -0.25) is 0 Å². The monoisotopic (exact) mass is 324 g/mol. The first-order valence-corrected chi connectivity index (χ1v) is 8.35. The van der Waals surface area contributed by atoms with E-state index >= 15 is 0 Å². The second-order valence-corrected chi connectivity index (χ2v) is 6.69. The van der Waals surface area contributed by atoms with Crippen molar-refractivity contribution in [2.24, 2.45) is 0 Å². The summed E-state index contributed by atoms with van der Waals surface area (Å²) in [5.74, 6) is 0.267. The van der Waals surface area contributed by atoms with Gasteiger partial charge < -0.3 is 9.64 Å². The highest BCUT2D eigenvalue weighted by Gasteiger charge is 2.30. The van der Waals surface area contributed by atoms with E-state index < -0.39 is 0 Å². The predicted molar refractivity (Wildman–Crippen MR) is 92.4 cm³/mol. The molecule has 1 aliphatic heterocycles. The Labute approximate surface area is 138 Å². The summed E-state index contributed by atoms with van der Waals surface area (Å²) < 4.78 is 5.79. The summed E-state index contributed by atoms with van der Waals surface area (Å²) in [5.41, 5.74) is 2.89. The topological polar surface area (TPSA) is 42.4 Å². The Morgan fingerprint density at radius 1 is 1.22 bits per heavy atom. The van der Waals surface area contributed by atoms with Gasteiger partial charge in [-0.15, -0.1) is 0 Å². The molecule has 2 heterocycles. The van der Waals surface area contributed by atoms with Crippen molar-refractivity contribution in [3.8, 4) is 0 Å². The average Bonchev–Trinajstić information content (AvgIpc) is 2.96. The lowest BCUT2D eigenvalue weighted by Crippen LogP contribution is -2.44. The largest absolute Gasteiger partial charge is 0.465 e. The van der Waals surface area contributed by atoms with Gasteiger partial charge in [0.25, 0.3) is 0 Å². The Bertz CT molecular complexity index is 854. The molecule has 2 aromatic carbocycles. The van der Waals surface area contributed by atoms with E-state index in [1.54, 1.807) is 17.4 Å². The molecule has 0 N–H and O–H groups in total. The van der Waals surface area contributed by atoms with Crippen LogP contribution in [0, 0.1) is 0 Å². The van der Waals surface area contributed by atoms with Crippen LogP contribution < -0.4 is 4.90 Å². The first kappa shape index (κ1) is 14.2. The third-order valence-electron chi connectivity index (χ3n) is 4.22. The minimum Gasteiger partial charge on any atom is -0.465 e. The molecule has 4 nitrogen and oxygen atoms in total. The van der Waals surface area contributed by atoms with Crippen LogP contribution in [0.15, 0.2) is 48.5 Å². The van der Waals surface area contributed by atoms with Crippen molar-refractivity contribution in [3.05, 3.63) is 59.7 Å². The van der Waals surface area contributed by atoms with Crippen molar-refractivity contribution in [1.29, 1.82) is 0 Å². The number of benzene rings is 2. The molecule has 0 spiro atoms. The van der Waals surface area contributed by atoms with Crippen molar-refractivity contribution in [1.82, 2.24) is 4.98 Å². The highest BCUT2D eigenvalue weighted by molar-refractivity contribution is 7.22. The molecule has 1 saturated heterocycles. The molecule has 1 aromatic heterocycles. The standard InChI is InChI=1S/C18H16N2O2S/c1-22-17(21)13-7-8-15-16(9-13)23-18(19-15)20-10-14(11-20)12-5-3-2-4-6-12/h2-9,14H,10-11H2,1H3. The first-order chi connectivity index (χ1) is 11.2. The Balaban J connectivity index is 1.53. The summed E-state index contributed by atoms with van der Waals surface area (Å²) in [7, 11) is 1.40. The molecule has 23 heavy (non-hydrogen) atoms. The average molecular weight is 324 g/mol. The van der Waals surface area contributed by atoms with Crippen LogP contribution in [-0.2, 0) is 4.74 Å². The number of ether oxygens (including phenoxy) is 1. The summed E-state index contributed by atoms with van der Waals surface area (Å²) in [5, 5.41) is 1.02. The lowest BCUT2D eigenvalue weighted by molar-refractivity contribution is 0.0601. The lowest BCUT2D eigenvalue weighted by Gasteiger charge is -2.39. The number of methoxy groups -OCH3 is 1. The van der Waals surface area contributed by atoms with E-state index in [9.17, 15) is 4.79 Å². The minimum absolute atomic E-state index is 0.310. The Morgan fingerprint density at radius 2 is 2.00 bits per heavy atom.